The van der Waals surface area contributed by atoms with Crippen molar-refractivity contribution >= 4 is 5.91 Å². The highest BCUT2D eigenvalue weighted by Gasteiger charge is 2.35. The zero-order chi connectivity index (χ0) is 17.8. The maximum absolute atomic E-state index is 13.2. The highest BCUT2D eigenvalue weighted by Crippen LogP contribution is 2.34. The number of carbonyl (C=O) groups excluding carboxylic acids is 1. The second-order valence-corrected chi connectivity index (χ2v) is 7.64. The van der Waals surface area contributed by atoms with Crippen LogP contribution < -0.4 is 0 Å². The van der Waals surface area contributed by atoms with Gasteiger partial charge in [0.1, 0.15) is 0 Å². The first-order chi connectivity index (χ1) is 12.8. The summed E-state index contributed by atoms with van der Waals surface area (Å²) in [6.07, 6.45) is 4.20. The third-order valence-electron chi connectivity index (χ3n) is 5.91. The van der Waals surface area contributed by atoms with E-state index in [9.17, 15) is 4.79 Å². The van der Waals surface area contributed by atoms with Crippen LogP contribution in [0.5, 0.6) is 0 Å². The largest absolute Gasteiger partial charge is 0.335 e. The summed E-state index contributed by atoms with van der Waals surface area (Å²) >= 11 is 0. The molecule has 2 aromatic carbocycles. The average molecular weight is 348 g/mol. The van der Waals surface area contributed by atoms with Gasteiger partial charge in [-0.25, -0.2) is 0 Å². The van der Waals surface area contributed by atoms with E-state index in [4.69, 9.17) is 0 Å². The van der Waals surface area contributed by atoms with Gasteiger partial charge in [0.25, 0.3) is 0 Å². The van der Waals surface area contributed by atoms with Crippen molar-refractivity contribution in [3.63, 3.8) is 0 Å². The number of rotatable bonds is 4. The van der Waals surface area contributed by atoms with E-state index in [2.05, 4.69) is 64.4 Å². The molecule has 2 fully saturated rings. The first kappa shape index (κ1) is 17.3. The minimum Gasteiger partial charge on any atom is -0.335 e. The van der Waals surface area contributed by atoms with Gasteiger partial charge in [-0.1, -0.05) is 60.7 Å². The van der Waals surface area contributed by atoms with Gasteiger partial charge in [0.05, 0.1) is 6.04 Å². The van der Waals surface area contributed by atoms with Crippen LogP contribution in [-0.4, -0.2) is 35.3 Å². The fourth-order valence-electron chi connectivity index (χ4n) is 4.47. The van der Waals surface area contributed by atoms with Crippen LogP contribution in [0.1, 0.15) is 42.9 Å². The molecule has 0 bridgehead atoms. The van der Waals surface area contributed by atoms with Gasteiger partial charge in [0, 0.05) is 19.0 Å². The van der Waals surface area contributed by atoms with Gasteiger partial charge >= 0.3 is 0 Å². The number of hydrogen-bond acceptors (Lipinski definition) is 2. The van der Waals surface area contributed by atoms with Crippen LogP contribution in [0.25, 0.3) is 0 Å². The Hall–Kier alpha value is -2.13. The molecule has 2 aliphatic heterocycles. The summed E-state index contributed by atoms with van der Waals surface area (Å²) in [7, 11) is 0. The van der Waals surface area contributed by atoms with Gasteiger partial charge in [-0.05, 0) is 49.9 Å². The molecule has 136 valence electrons. The number of hydrogen-bond donors (Lipinski definition) is 0. The lowest BCUT2D eigenvalue weighted by Crippen LogP contribution is -2.42. The summed E-state index contributed by atoms with van der Waals surface area (Å²) in [4.78, 5) is 17.8. The van der Waals surface area contributed by atoms with Crippen molar-refractivity contribution in [1.82, 2.24) is 9.80 Å². The second-order valence-electron chi connectivity index (χ2n) is 7.64. The van der Waals surface area contributed by atoms with Gasteiger partial charge in [0.15, 0.2) is 0 Å². The third-order valence-corrected chi connectivity index (χ3v) is 5.91. The summed E-state index contributed by atoms with van der Waals surface area (Å²) in [5.74, 6) is 0.585. The number of amides is 1. The SMILES string of the molecule is O=C(C1CCN(Cc2ccccc2)CC1)N1CCC[C@@H]1c1ccccc1. The Balaban J connectivity index is 1.34. The standard InChI is InChI=1S/C23H28N2O/c26-23(25-15-7-12-22(25)20-10-5-2-6-11-20)21-13-16-24(17-14-21)18-19-8-3-1-4-9-19/h1-6,8-11,21-22H,7,12-18H2/t22-/m1/s1. The van der Waals surface area contributed by atoms with Crippen molar-refractivity contribution < 1.29 is 4.79 Å². The lowest BCUT2D eigenvalue weighted by Gasteiger charge is -2.35. The van der Waals surface area contributed by atoms with Gasteiger partial charge in [0.2, 0.25) is 5.91 Å². The van der Waals surface area contributed by atoms with E-state index in [-0.39, 0.29) is 12.0 Å². The summed E-state index contributed by atoms with van der Waals surface area (Å²) in [5.41, 5.74) is 2.65. The Morgan fingerprint density at radius 3 is 2.19 bits per heavy atom. The molecule has 26 heavy (non-hydrogen) atoms. The molecule has 1 atom stereocenters. The molecule has 0 N–H and O–H groups in total. The zero-order valence-electron chi connectivity index (χ0n) is 15.4. The van der Waals surface area contributed by atoms with E-state index < -0.39 is 0 Å². The zero-order valence-corrected chi connectivity index (χ0v) is 15.4. The number of nitrogens with zero attached hydrogens (tertiary/aromatic N) is 2. The van der Waals surface area contributed by atoms with Gasteiger partial charge in [-0.3, -0.25) is 9.69 Å². The van der Waals surface area contributed by atoms with Crippen LogP contribution in [0.3, 0.4) is 0 Å². The first-order valence-electron chi connectivity index (χ1n) is 9.93. The Labute approximate surface area is 156 Å². The lowest BCUT2D eigenvalue weighted by atomic mass is 9.94. The Bertz CT molecular complexity index is 708. The second kappa shape index (κ2) is 8.05. The van der Waals surface area contributed by atoms with Crippen molar-refractivity contribution in [2.75, 3.05) is 19.6 Å². The normalized spacial score (nSPS) is 21.8. The molecule has 0 radical (unpaired) electrons. The van der Waals surface area contributed by atoms with E-state index >= 15 is 0 Å². The smallest absolute Gasteiger partial charge is 0.226 e. The number of likely N-dealkylation sites (tertiary alicyclic amines) is 2. The van der Waals surface area contributed by atoms with Crippen molar-refractivity contribution in [2.24, 2.45) is 5.92 Å². The molecule has 3 heteroatoms. The van der Waals surface area contributed by atoms with Crippen LogP contribution in [0.15, 0.2) is 60.7 Å². The van der Waals surface area contributed by atoms with Gasteiger partial charge in [-0.15, -0.1) is 0 Å². The molecule has 4 rings (SSSR count). The topological polar surface area (TPSA) is 23.6 Å². The van der Waals surface area contributed by atoms with Gasteiger partial charge in [-0.2, -0.15) is 0 Å². The number of benzene rings is 2. The fourth-order valence-corrected chi connectivity index (χ4v) is 4.47. The average Bonchev–Trinajstić information content (AvgIpc) is 3.19. The predicted octanol–water partition coefficient (Wildman–Crippen LogP) is 4.26. The molecule has 0 unspecified atom stereocenters. The molecular formula is C23H28N2O. The molecule has 2 aliphatic rings. The van der Waals surface area contributed by atoms with Crippen molar-refractivity contribution in [3.8, 4) is 0 Å². The number of carbonyl (C=O) groups is 1. The van der Waals surface area contributed by atoms with Crippen LogP contribution in [0.4, 0.5) is 0 Å². The van der Waals surface area contributed by atoms with Crippen molar-refractivity contribution in [3.05, 3.63) is 71.8 Å². The molecule has 2 saturated heterocycles. The molecule has 0 aliphatic carbocycles. The third kappa shape index (κ3) is 3.83. The van der Waals surface area contributed by atoms with Crippen molar-refractivity contribution in [2.45, 2.75) is 38.3 Å². The van der Waals surface area contributed by atoms with E-state index in [1.165, 1.54) is 11.1 Å². The molecule has 0 saturated carbocycles. The first-order valence-corrected chi connectivity index (χ1v) is 9.93. The maximum Gasteiger partial charge on any atom is 0.226 e. The predicted molar refractivity (Wildman–Crippen MR) is 105 cm³/mol. The molecule has 2 aromatic rings. The minimum absolute atomic E-state index is 0.200. The van der Waals surface area contributed by atoms with E-state index in [0.717, 1.165) is 51.9 Å². The van der Waals surface area contributed by atoms with Gasteiger partial charge < -0.3 is 4.90 Å². The molecule has 1 amide bonds. The molecular weight excluding hydrogens is 320 g/mol. The maximum atomic E-state index is 13.2. The number of piperidine rings is 1. The highest BCUT2D eigenvalue weighted by atomic mass is 16.2. The monoisotopic (exact) mass is 348 g/mol. The van der Waals surface area contributed by atoms with Crippen LogP contribution in [0.2, 0.25) is 0 Å². The minimum atomic E-state index is 0.200. The molecule has 3 nitrogen and oxygen atoms in total. The summed E-state index contributed by atoms with van der Waals surface area (Å²) in [6, 6.07) is 21.5. The lowest BCUT2D eigenvalue weighted by molar-refractivity contribution is -0.138. The molecule has 0 aromatic heterocycles. The van der Waals surface area contributed by atoms with E-state index in [1.54, 1.807) is 0 Å². The summed E-state index contributed by atoms with van der Waals surface area (Å²) in [6.45, 7) is 3.96. The van der Waals surface area contributed by atoms with E-state index in [0.29, 0.717) is 5.91 Å². The summed E-state index contributed by atoms with van der Waals surface area (Å²) < 4.78 is 0. The molecule has 0 spiro atoms. The van der Waals surface area contributed by atoms with Crippen LogP contribution in [0, 0.1) is 5.92 Å². The molecule has 2 heterocycles. The Kier molecular flexibility index (Phi) is 5.35. The van der Waals surface area contributed by atoms with E-state index in [1.807, 2.05) is 6.07 Å². The quantitative estimate of drug-likeness (QED) is 0.824. The highest BCUT2D eigenvalue weighted by molar-refractivity contribution is 5.79. The van der Waals surface area contributed by atoms with Crippen LogP contribution in [-0.2, 0) is 11.3 Å². The summed E-state index contributed by atoms with van der Waals surface area (Å²) in [5, 5.41) is 0. The van der Waals surface area contributed by atoms with Crippen LogP contribution >= 0.6 is 0 Å². The Morgan fingerprint density at radius 1 is 0.846 bits per heavy atom. The Morgan fingerprint density at radius 2 is 1.50 bits per heavy atom. The van der Waals surface area contributed by atoms with Crippen molar-refractivity contribution in [1.29, 1.82) is 0 Å². The fraction of sp³-hybridized carbons (Fsp3) is 0.435.